The second-order valence-corrected chi connectivity index (χ2v) is 6.27. The minimum absolute atomic E-state index is 0.0941. The molecule has 0 aliphatic heterocycles. The van der Waals surface area contributed by atoms with E-state index in [1.807, 2.05) is 6.92 Å². The fraction of sp³-hybridized carbons (Fsp3) is 0.500. The summed E-state index contributed by atoms with van der Waals surface area (Å²) in [6.45, 7) is 3.65. The Morgan fingerprint density at radius 2 is 1.73 bits per heavy atom. The Hall–Kier alpha value is -1.83. The lowest BCUT2D eigenvalue weighted by Gasteiger charge is -2.26. The van der Waals surface area contributed by atoms with E-state index in [9.17, 15) is 26.3 Å². The minimum Gasteiger partial charge on any atom is -0.316 e. The maximum atomic E-state index is 13.3. The van der Waals surface area contributed by atoms with Crippen molar-refractivity contribution < 1.29 is 26.3 Å². The van der Waals surface area contributed by atoms with E-state index in [1.165, 1.54) is 12.1 Å². The zero-order valence-electron chi connectivity index (χ0n) is 14.6. The van der Waals surface area contributed by atoms with Gasteiger partial charge in [0.25, 0.3) is 0 Å². The SMILES string of the molecule is CCCC(NC)C(C)c1cc(C(F)(F)F)nc2c(C(F)(F)F)cccc12. The predicted octanol–water partition coefficient (Wildman–Crippen LogP) is 5.76. The fourth-order valence-corrected chi connectivity index (χ4v) is 3.20. The number of benzene rings is 1. The summed E-state index contributed by atoms with van der Waals surface area (Å²) in [7, 11) is 1.69. The first kappa shape index (κ1) is 20.5. The van der Waals surface area contributed by atoms with Crippen molar-refractivity contribution in [2.45, 2.75) is 51.0 Å². The van der Waals surface area contributed by atoms with Gasteiger partial charge in [0, 0.05) is 11.4 Å². The second kappa shape index (κ2) is 7.42. The standard InChI is InChI=1S/C18H20F6N2/c1-4-6-14(25-3)10(2)12-9-15(18(22,23)24)26-16-11(12)7-5-8-13(16)17(19,20)21/h5,7-10,14,25H,4,6H2,1-3H3. The smallest absolute Gasteiger partial charge is 0.316 e. The quantitative estimate of drug-likeness (QED) is 0.669. The van der Waals surface area contributed by atoms with Gasteiger partial charge in [0.05, 0.1) is 11.1 Å². The molecular formula is C18H20F6N2. The van der Waals surface area contributed by atoms with Crippen LogP contribution in [-0.4, -0.2) is 18.1 Å². The summed E-state index contributed by atoms with van der Waals surface area (Å²) in [6, 6.07) is 4.05. The van der Waals surface area contributed by atoms with Crippen LogP contribution in [0.1, 0.15) is 49.4 Å². The van der Waals surface area contributed by atoms with Crippen LogP contribution in [0.3, 0.4) is 0 Å². The van der Waals surface area contributed by atoms with Gasteiger partial charge in [-0.15, -0.1) is 0 Å². The van der Waals surface area contributed by atoms with Gasteiger partial charge in [-0.05, 0) is 37.1 Å². The molecule has 2 nitrogen and oxygen atoms in total. The van der Waals surface area contributed by atoms with Crippen molar-refractivity contribution >= 4 is 10.9 Å². The van der Waals surface area contributed by atoms with Crippen LogP contribution in [0.2, 0.25) is 0 Å². The number of nitrogens with zero attached hydrogens (tertiary/aromatic N) is 1. The fourth-order valence-electron chi connectivity index (χ4n) is 3.20. The molecule has 1 heterocycles. The normalized spacial score (nSPS) is 15.3. The van der Waals surface area contributed by atoms with E-state index in [1.54, 1.807) is 14.0 Å². The molecule has 0 saturated heterocycles. The second-order valence-electron chi connectivity index (χ2n) is 6.27. The zero-order valence-corrected chi connectivity index (χ0v) is 14.6. The lowest BCUT2D eigenvalue weighted by Crippen LogP contribution is -2.31. The molecule has 144 valence electrons. The molecule has 1 aromatic heterocycles. The van der Waals surface area contributed by atoms with Crippen LogP contribution < -0.4 is 5.32 Å². The number of pyridine rings is 1. The third kappa shape index (κ3) is 4.11. The predicted molar refractivity (Wildman–Crippen MR) is 87.9 cm³/mol. The molecule has 0 spiro atoms. The highest BCUT2D eigenvalue weighted by Crippen LogP contribution is 2.40. The summed E-state index contributed by atoms with van der Waals surface area (Å²) in [5.41, 5.74) is -2.93. The van der Waals surface area contributed by atoms with Gasteiger partial charge in [0.1, 0.15) is 5.69 Å². The van der Waals surface area contributed by atoms with Crippen LogP contribution >= 0.6 is 0 Å². The first-order chi connectivity index (χ1) is 12.0. The van der Waals surface area contributed by atoms with E-state index in [0.29, 0.717) is 6.42 Å². The number of para-hydroxylation sites is 1. The molecule has 0 fully saturated rings. The van der Waals surface area contributed by atoms with E-state index in [-0.39, 0.29) is 17.0 Å². The maximum Gasteiger partial charge on any atom is 0.433 e. The van der Waals surface area contributed by atoms with Crippen molar-refractivity contribution in [1.29, 1.82) is 0 Å². The van der Waals surface area contributed by atoms with Gasteiger partial charge in [0.2, 0.25) is 0 Å². The minimum atomic E-state index is -4.83. The van der Waals surface area contributed by atoms with Gasteiger partial charge >= 0.3 is 12.4 Å². The van der Waals surface area contributed by atoms with Gasteiger partial charge in [0.15, 0.2) is 0 Å². The molecule has 0 aliphatic rings. The van der Waals surface area contributed by atoms with Gasteiger partial charge in [-0.1, -0.05) is 32.4 Å². The Labute approximate surface area is 147 Å². The van der Waals surface area contributed by atoms with Crippen molar-refractivity contribution in [2.75, 3.05) is 7.05 Å². The van der Waals surface area contributed by atoms with Crippen molar-refractivity contribution in [1.82, 2.24) is 10.3 Å². The Kier molecular flexibility index (Phi) is 5.85. The van der Waals surface area contributed by atoms with Crippen molar-refractivity contribution in [2.24, 2.45) is 0 Å². The highest BCUT2D eigenvalue weighted by molar-refractivity contribution is 5.86. The largest absolute Gasteiger partial charge is 0.433 e. The Morgan fingerprint density at radius 3 is 2.23 bits per heavy atom. The molecule has 0 aliphatic carbocycles. The van der Waals surface area contributed by atoms with E-state index in [4.69, 9.17) is 0 Å². The molecule has 0 amide bonds. The molecule has 8 heteroatoms. The number of nitrogens with one attached hydrogen (secondary N) is 1. The van der Waals surface area contributed by atoms with Gasteiger partial charge < -0.3 is 5.32 Å². The molecule has 0 radical (unpaired) electrons. The van der Waals surface area contributed by atoms with Crippen molar-refractivity contribution in [3.05, 3.63) is 41.1 Å². The lowest BCUT2D eigenvalue weighted by atomic mass is 9.87. The van der Waals surface area contributed by atoms with Crippen LogP contribution in [0.5, 0.6) is 0 Å². The Balaban J connectivity index is 2.80. The van der Waals surface area contributed by atoms with E-state index >= 15 is 0 Å². The van der Waals surface area contributed by atoms with Crippen LogP contribution in [0.15, 0.2) is 24.3 Å². The Morgan fingerprint density at radius 1 is 1.08 bits per heavy atom. The molecule has 0 bridgehead atoms. The molecule has 1 N–H and O–H groups in total. The molecule has 26 heavy (non-hydrogen) atoms. The monoisotopic (exact) mass is 378 g/mol. The lowest BCUT2D eigenvalue weighted by molar-refractivity contribution is -0.142. The number of alkyl halides is 6. The van der Waals surface area contributed by atoms with Crippen molar-refractivity contribution in [3.8, 4) is 0 Å². The summed E-state index contributed by atoms with van der Waals surface area (Å²) in [4.78, 5) is 3.32. The molecule has 2 atom stereocenters. The van der Waals surface area contributed by atoms with Crippen LogP contribution in [0, 0.1) is 0 Å². The highest BCUT2D eigenvalue weighted by Gasteiger charge is 2.38. The van der Waals surface area contributed by atoms with E-state index < -0.39 is 35.0 Å². The maximum absolute atomic E-state index is 13.3. The van der Waals surface area contributed by atoms with Gasteiger partial charge in [-0.2, -0.15) is 26.3 Å². The molecular weight excluding hydrogens is 358 g/mol. The number of rotatable bonds is 5. The summed E-state index contributed by atoms with van der Waals surface area (Å²) in [5.74, 6) is -0.421. The zero-order chi connectivity index (χ0) is 19.7. The molecule has 0 saturated carbocycles. The average molecular weight is 378 g/mol. The number of hydrogen-bond donors (Lipinski definition) is 1. The molecule has 2 rings (SSSR count). The van der Waals surface area contributed by atoms with E-state index in [0.717, 1.165) is 18.6 Å². The summed E-state index contributed by atoms with van der Waals surface area (Å²) in [6.07, 6.45) is -8.15. The first-order valence-electron chi connectivity index (χ1n) is 8.26. The molecule has 2 unspecified atom stereocenters. The average Bonchev–Trinajstić information content (AvgIpc) is 2.55. The van der Waals surface area contributed by atoms with Crippen LogP contribution in [-0.2, 0) is 12.4 Å². The number of likely N-dealkylation sites (N-methyl/N-ethyl adjacent to an activating group) is 1. The third-order valence-corrected chi connectivity index (χ3v) is 4.53. The first-order valence-corrected chi connectivity index (χ1v) is 8.26. The van der Waals surface area contributed by atoms with Crippen molar-refractivity contribution in [3.63, 3.8) is 0 Å². The summed E-state index contributed by atoms with van der Waals surface area (Å²) in [5, 5.41) is 3.14. The molecule has 1 aromatic carbocycles. The number of hydrogen-bond acceptors (Lipinski definition) is 2. The van der Waals surface area contributed by atoms with Crippen LogP contribution in [0.25, 0.3) is 10.9 Å². The number of aromatic nitrogens is 1. The highest BCUT2D eigenvalue weighted by atomic mass is 19.4. The summed E-state index contributed by atoms with van der Waals surface area (Å²) >= 11 is 0. The van der Waals surface area contributed by atoms with E-state index in [2.05, 4.69) is 10.3 Å². The number of halogens is 6. The van der Waals surface area contributed by atoms with Gasteiger partial charge in [-0.25, -0.2) is 4.98 Å². The topological polar surface area (TPSA) is 24.9 Å². The Bertz CT molecular complexity index is 767. The van der Waals surface area contributed by atoms with Crippen LogP contribution in [0.4, 0.5) is 26.3 Å². The number of fused-ring (bicyclic) bond motifs is 1. The third-order valence-electron chi connectivity index (χ3n) is 4.53. The van der Waals surface area contributed by atoms with Gasteiger partial charge in [-0.3, -0.25) is 0 Å². The molecule has 2 aromatic rings. The summed E-state index contributed by atoms with van der Waals surface area (Å²) < 4.78 is 79.6.